The molecule has 3 heteroatoms. The topological polar surface area (TPSA) is 17.1 Å². The maximum Gasteiger partial charge on any atom is 0.0988 e. The van der Waals surface area contributed by atoms with Crippen LogP contribution in [0, 0.1) is 0 Å². The zero-order valence-electron chi connectivity index (χ0n) is 5.00. The third-order valence-corrected chi connectivity index (χ3v) is 1.57. The first-order chi connectivity index (χ1) is 4.83. The van der Waals surface area contributed by atoms with Crippen LogP contribution in [0.15, 0.2) is 24.3 Å². The van der Waals surface area contributed by atoms with Crippen LogP contribution in [-0.4, -0.2) is 9.58 Å². The van der Waals surface area contributed by atoms with Gasteiger partial charge in [-0.25, -0.2) is 4.21 Å². The highest BCUT2D eigenvalue weighted by atomic mass is 35.5. The van der Waals surface area contributed by atoms with Crippen LogP contribution in [0.5, 0.6) is 0 Å². The zero-order valence-corrected chi connectivity index (χ0v) is 6.58. The molecular formula is C7H4ClOS. The van der Waals surface area contributed by atoms with Crippen LogP contribution in [0.4, 0.5) is 0 Å². The van der Waals surface area contributed by atoms with E-state index in [4.69, 9.17) is 11.6 Å². The second-order valence-corrected chi connectivity index (χ2v) is 2.50. The van der Waals surface area contributed by atoms with E-state index in [0.717, 1.165) is 5.56 Å². The lowest BCUT2D eigenvalue weighted by molar-refractivity contribution is 0.701. The molecular weight excluding hydrogens is 168 g/mol. The molecule has 0 bridgehead atoms. The predicted octanol–water partition coefficient (Wildman–Crippen LogP) is 1.58. The van der Waals surface area contributed by atoms with E-state index in [-0.39, 0.29) is 0 Å². The van der Waals surface area contributed by atoms with Crippen molar-refractivity contribution in [1.29, 1.82) is 0 Å². The first kappa shape index (κ1) is 7.51. The van der Waals surface area contributed by atoms with Crippen LogP contribution in [0.2, 0.25) is 5.02 Å². The Labute approximate surface area is 67.7 Å². The number of benzene rings is 1. The van der Waals surface area contributed by atoms with E-state index in [1.165, 1.54) is 0 Å². The van der Waals surface area contributed by atoms with Crippen molar-refractivity contribution < 1.29 is 4.21 Å². The second-order valence-electron chi connectivity index (χ2n) is 1.69. The average molecular weight is 172 g/mol. The van der Waals surface area contributed by atoms with E-state index >= 15 is 0 Å². The summed E-state index contributed by atoms with van der Waals surface area (Å²) in [4.78, 5) is 0. The van der Waals surface area contributed by atoms with Gasteiger partial charge in [-0.2, -0.15) is 0 Å². The molecule has 0 aromatic heterocycles. The van der Waals surface area contributed by atoms with Gasteiger partial charge in [-0.15, -0.1) is 0 Å². The molecule has 1 aromatic carbocycles. The summed E-state index contributed by atoms with van der Waals surface area (Å²) in [6.45, 7) is 0. The minimum atomic E-state index is 0.317. The van der Waals surface area contributed by atoms with Crippen molar-refractivity contribution >= 4 is 28.2 Å². The van der Waals surface area contributed by atoms with Gasteiger partial charge in [0, 0.05) is 5.02 Å². The molecule has 0 N–H and O–H groups in total. The largest absolute Gasteiger partial charge is 0.212 e. The van der Waals surface area contributed by atoms with Gasteiger partial charge in [-0.05, 0) is 17.7 Å². The van der Waals surface area contributed by atoms with Gasteiger partial charge in [-0.3, -0.25) is 0 Å². The van der Waals surface area contributed by atoms with Gasteiger partial charge >= 0.3 is 0 Å². The zero-order chi connectivity index (χ0) is 7.40. The average Bonchev–Trinajstić information content (AvgIpc) is 1.95. The third-order valence-electron chi connectivity index (χ3n) is 1.00. The van der Waals surface area contributed by atoms with Crippen molar-refractivity contribution in [1.82, 2.24) is 0 Å². The second kappa shape index (κ2) is 3.54. The van der Waals surface area contributed by atoms with E-state index in [2.05, 4.69) is 5.37 Å². The Morgan fingerprint density at radius 2 is 1.90 bits per heavy atom. The van der Waals surface area contributed by atoms with Crippen LogP contribution in [0.3, 0.4) is 0 Å². The van der Waals surface area contributed by atoms with Crippen molar-refractivity contribution in [2.75, 3.05) is 0 Å². The maximum atomic E-state index is 9.96. The number of hydrogen-bond donors (Lipinski definition) is 0. The molecule has 0 atom stereocenters. The smallest absolute Gasteiger partial charge is 0.0988 e. The highest BCUT2D eigenvalue weighted by molar-refractivity contribution is 7.65. The minimum absolute atomic E-state index is 0.317. The Kier molecular flexibility index (Phi) is 2.66. The van der Waals surface area contributed by atoms with Crippen molar-refractivity contribution in [2.45, 2.75) is 0 Å². The molecule has 1 radical (unpaired) electrons. The molecule has 0 heterocycles. The molecule has 0 amide bonds. The van der Waals surface area contributed by atoms with Gasteiger partial charge in [0.15, 0.2) is 0 Å². The Morgan fingerprint density at radius 3 is 2.40 bits per heavy atom. The number of halogens is 1. The molecule has 0 saturated heterocycles. The first-order valence-electron chi connectivity index (χ1n) is 2.63. The van der Waals surface area contributed by atoms with Crippen LogP contribution in [0.25, 0.3) is 0 Å². The predicted molar refractivity (Wildman–Crippen MR) is 43.7 cm³/mol. The molecule has 0 aliphatic rings. The van der Waals surface area contributed by atoms with Crippen molar-refractivity contribution in [3.63, 3.8) is 0 Å². The van der Waals surface area contributed by atoms with E-state index in [0.29, 0.717) is 16.3 Å². The Bertz CT molecular complexity index is 261. The van der Waals surface area contributed by atoms with Gasteiger partial charge in [0.05, 0.1) is 16.6 Å². The lowest BCUT2D eigenvalue weighted by Crippen LogP contribution is -1.76. The van der Waals surface area contributed by atoms with E-state index in [1.807, 2.05) is 0 Å². The van der Waals surface area contributed by atoms with Crippen LogP contribution < -0.4 is 0 Å². The molecule has 10 heavy (non-hydrogen) atoms. The molecule has 0 aliphatic heterocycles. The number of rotatable bonds is 1. The Morgan fingerprint density at radius 1 is 1.30 bits per heavy atom. The monoisotopic (exact) mass is 171 g/mol. The van der Waals surface area contributed by atoms with Gasteiger partial charge < -0.3 is 0 Å². The summed E-state index contributed by atoms with van der Waals surface area (Å²) in [5.74, 6) is 0. The summed E-state index contributed by atoms with van der Waals surface area (Å²) in [5, 5.41) is 3.21. The van der Waals surface area contributed by atoms with Gasteiger partial charge in [-0.1, -0.05) is 23.7 Å². The van der Waals surface area contributed by atoms with E-state index < -0.39 is 0 Å². The fraction of sp³-hybridized carbons (Fsp3) is 0. The summed E-state index contributed by atoms with van der Waals surface area (Å²) in [5.41, 5.74) is 0.768. The summed E-state index contributed by atoms with van der Waals surface area (Å²) in [6, 6.07) is 6.93. The molecule has 0 aliphatic carbocycles. The van der Waals surface area contributed by atoms with E-state index in [9.17, 15) is 4.21 Å². The standard InChI is InChI=1S/C7H4ClOS/c8-7-3-1-6(2-4-7)5-10-9/h1-4H. The molecule has 0 fully saturated rings. The summed E-state index contributed by atoms with van der Waals surface area (Å²) < 4.78 is 9.96. The SMILES string of the molecule is O=S=[C]c1ccc(Cl)cc1. The van der Waals surface area contributed by atoms with Crippen molar-refractivity contribution in [3.8, 4) is 0 Å². The van der Waals surface area contributed by atoms with Crippen molar-refractivity contribution in [2.24, 2.45) is 0 Å². The van der Waals surface area contributed by atoms with E-state index in [1.54, 1.807) is 24.3 Å². The Balaban J connectivity index is 3.00. The molecule has 1 rings (SSSR count). The van der Waals surface area contributed by atoms with Crippen molar-refractivity contribution in [3.05, 3.63) is 34.9 Å². The summed E-state index contributed by atoms with van der Waals surface area (Å²) in [7, 11) is 0. The van der Waals surface area contributed by atoms with Gasteiger partial charge in [0.2, 0.25) is 0 Å². The fourth-order valence-corrected chi connectivity index (χ4v) is 0.924. The molecule has 0 spiro atoms. The highest BCUT2D eigenvalue weighted by Crippen LogP contribution is 2.07. The van der Waals surface area contributed by atoms with Crippen LogP contribution >= 0.6 is 11.6 Å². The Hall–Kier alpha value is -0.600. The fourth-order valence-electron chi connectivity index (χ4n) is 0.566. The van der Waals surface area contributed by atoms with Crippen LogP contribution in [0.1, 0.15) is 5.56 Å². The molecule has 0 unspecified atom stereocenters. The third kappa shape index (κ3) is 1.97. The molecule has 1 nitrogen and oxygen atoms in total. The number of hydrogen-bond acceptors (Lipinski definition) is 1. The maximum absolute atomic E-state index is 9.96. The minimum Gasteiger partial charge on any atom is -0.212 e. The molecule has 0 saturated carbocycles. The normalized spacial score (nSPS) is 8.90. The van der Waals surface area contributed by atoms with Gasteiger partial charge in [0.1, 0.15) is 0 Å². The summed E-state index contributed by atoms with van der Waals surface area (Å²) >= 11 is 5.92. The lowest BCUT2D eigenvalue weighted by atomic mass is 10.2. The molecule has 51 valence electrons. The summed E-state index contributed by atoms with van der Waals surface area (Å²) in [6.07, 6.45) is 0. The first-order valence-corrected chi connectivity index (χ1v) is 3.75. The quantitative estimate of drug-likeness (QED) is 0.587. The van der Waals surface area contributed by atoms with Crippen LogP contribution in [-0.2, 0) is 11.3 Å². The molecule has 1 aromatic rings. The highest BCUT2D eigenvalue weighted by Gasteiger charge is 1.86. The van der Waals surface area contributed by atoms with Gasteiger partial charge in [0.25, 0.3) is 0 Å². The lowest BCUT2D eigenvalue weighted by Gasteiger charge is -1.88.